The van der Waals surface area contributed by atoms with Crippen LogP contribution in [-0.2, 0) is 14.3 Å². The van der Waals surface area contributed by atoms with E-state index < -0.39 is 0 Å². The Bertz CT molecular complexity index is 998. The zero-order chi connectivity index (χ0) is 20.1. The molecule has 29 heavy (non-hydrogen) atoms. The summed E-state index contributed by atoms with van der Waals surface area (Å²) < 4.78 is 5.91. The summed E-state index contributed by atoms with van der Waals surface area (Å²) in [5, 5.41) is 1.85. The zero-order valence-electron chi connectivity index (χ0n) is 16.1. The summed E-state index contributed by atoms with van der Waals surface area (Å²) in [6, 6.07) is 13.3. The number of rotatable bonds is 5. The largest absolute Gasteiger partial charge is 0.458 e. The van der Waals surface area contributed by atoms with E-state index in [1.54, 1.807) is 6.07 Å². The van der Waals surface area contributed by atoms with E-state index >= 15 is 0 Å². The molecule has 2 N–H and O–H groups in total. The second kappa shape index (κ2) is 6.95. The molecule has 2 saturated carbocycles. The van der Waals surface area contributed by atoms with E-state index in [4.69, 9.17) is 10.5 Å². The molecule has 2 aromatic rings. The molecule has 0 radical (unpaired) electrons. The number of benzene rings is 2. The van der Waals surface area contributed by atoms with Gasteiger partial charge in [0.05, 0.1) is 17.4 Å². The first kappa shape index (κ1) is 18.3. The minimum absolute atomic E-state index is 0.0558. The minimum atomic E-state index is -0.354. The highest BCUT2D eigenvalue weighted by atomic mass is 16.5. The first-order valence-corrected chi connectivity index (χ1v) is 10.3. The van der Waals surface area contributed by atoms with Gasteiger partial charge in [0, 0.05) is 12.5 Å². The SMILES string of the molecule is NCCCN1C(=O)C2C3CC(OC(=O)c4cccc5ccccc45)C(C3)C2C1=O. The lowest BCUT2D eigenvalue weighted by atomic mass is 9.79. The highest BCUT2D eigenvalue weighted by molar-refractivity contribution is 6.06. The number of hydrogen-bond acceptors (Lipinski definition) is 5. The molecule has 2 aliphatic carbocycles. The van der Waals surface area contributed by atoms with Crippen LogP contribution >= 0.6 is 0 Å². The van der Waals surface area contributed by atoms with Gasteiger partial charge in [-0.25, -0.2) is 4.79 Å². The first-order valence-electron chi connectivity index (χ1n) is 10.3. The van der Waals surface area contributed by atoms with Crippen LogP contribution in [0.3, 0.4) is 0 Å². The number of esters is 1. The maximum absolute atomic E-state index is 12.9. The Labute approximate surface area is 169 Å². The fourth-order valence-electron chi connectivity index (χ4n) is 5.67. The lowest BCUT2D eigenvalue weighted by Gasteiger charge is -2.28. The monoisotopic (exact) mass is 392 g/mol. The maximum Gasteiger partial charge on any atom is 0.339 e. The van der Waals surface area contributed by atoms with Crippen LogP contribution in [0.2, 0.25) is 0 Å². The molecule has 2 aromatic carbocycles. The smallest absolute Gasteiger partial charge is 0.339 e. The summed E-state index contributed by atoms with van der Waals surface area (Å²) in [4.78, 5) is 40.0. The molecule has 5 unspecified atom stereocenters. The average molecular weight is 392 g/mol. The third-order valence-corrected chi connectivity index (χ3v) is 6.90. The molecule has 6 heteroatoms. The number of imide groups is 1. The van der Waals surface area contributed by atoms with E-state index in [-0.39, 0.29) is 47.6 Å². The summed E-state index contributed by atoms with van der Waals surface area (Å²) in [5.41, 5.74) is 6.09. The number of hydrogen-bond donors (Lipinski definition) is 1. The van der Waals surface area contributed by atoms with Crippen LogP contribution in [0.1, 0.15) is 29.6 Å². The Morgan fingerprint density at radius 1 is 1.03 bits per heavy atom. The molecule has 5 atom stereocenters. The van der Waals surface area contributed by atoms with E-state index in [0.717, 1.165) is 17.2 Å². The number of likely N-dealkylation sites (tertiary alicyclic amines) is 1. The minimum Gasteiger partial charge on any atom is -0.458 e. The predicted octanol–water partition coefficient (Wildman–Crippen LogP) is 2.36. The van der Waals surface area contributed by atoms with Gasteiger partial charge in [-0.1, -0.05) is 36.4 Å². The van der Waals surface area contributed by atoms with Crippen molar-refractivity contribution in [1.82, 2.24) is 4.90 Å². The molecule has 2 bridgehead atoms. The fourth-order valence-corrected chi connectivity index (χ4v) is 5.67. The molecule has 1 aliphatic heterocycles. The van der Waals surface area contributed by atoms with E-state index in [0.29, 0.717) is 31.5 Å². The van der Waals surface area contributed by atoms with Crippen molar-refractivity contribution in [2.75, 3.05) is 13.1 Å². The van der Waals surface area contributed by atoms with Crippen molar-refractivity contribution in [1.29, 1.82) is 0 Å². The molecule has 2 amide bonds. The van der Waals surface area contributed by atoms with Crippen LogP contribution in [0.25, 0.3) is 10.8 Å². The summed E-state index contributed by atoms with van der Waals surface area (Å²) in [6.45, 7) is 0.839. The Balaban J connectivity index is 1.35. The molecular weight excluding hydrogens is 368 g/mol. The highest BCUT2D eigenvalue weighted by Gasteiger charge is 2.64. The lowest BCUT2D eigenvalue weighted by Crippen LogP contribution is -2.36. The first-order chi connectivity index (χ1) is 14.1. The van der Waals surface area contributed by atoms with Crippen LogP contribution < -0.4 is 5.73 Å². The molecule has 1 saturated heterocycles. The summed E-state index contributed by atoms with van der Waals surface area (Å²) in [7, 11) is 0. The average Bonchev–Trinajstić information content (AvgIpc) is 3.38. The van der Waals surface area contributed by atoms with Crippen molar-refractivity contribution in [2.45, 2.75) is 25.4 Å². The number of nitrogens with two attached hydrogens (primary N) is 1. The number of carbonyl (C=O) groups excluding carboxylic acids is 3. The van der Waals surface area contributed by atoms with Gasteiger partial charge in [-0.05, 0) is 48.6 Å². The van der Waals surface area contributed by atoms with Gasteiger partial charge in [-0.3, -0.25) is 14.5 Å². The third kappa shape index (κ3) is 2.77. The molecule has 150 valence electrons. The molecule has 1 heterocycles. The number of carbonyl (C=O) groups is 3. The topological polar surface area (TPSA) is 89.7 Å². The van der Waals surface area contributed by atoms with Crippen LogP contribution in [0.5, 0.6) is 0 Å². The van der Waals surface area contributed by atoms with Crippen molar-refractivity contribution in [3.63, 3.8) is 0 Å². The van der Waals surface area contributed by atoms with Gasteiger partial charge >= 0.3 is 5.97 Å². The second-order valence-electron chi connectivity index (χ2n) is 8.39. The number of ether oxygens (including phenoxy) is 1. The number of fused-ring (bicyclic) bond motifs is 6. The lowest BCUT2D eigenvalue weighted by molar-refractivity contribution is -0.141. The Kier molecular flexibility index (Phi) is 4.39. The Morgan fingerprint density at radius 2 is 1.79 bits per heavy atom. The third-order valence-electron chi connectivity index (χ3n) is 6.90. The van der Waals surface area contributed by atoms with Gasteiger partial charge in [-0.15, -0.1) is 0 Å². The quantitative estimate of drug-likeness (QED) is 0.623. The number of nitrogens with zero attached hydrogens (tertiary/aromatic N) is 1. The second-order valence-corrected chi connectivity index (χ2v) is 8.39. The van der Waals surface area contributed by atoms with Gasteiger partial charge in [0.15, 0.2) is 0 Å². The maximum atomic E-state index is 12.9. The van der Waals surface area contributed by atoms with Gasteiger partial charge in [0.2, 0.25) is 11.8 Å². The highest BCUT2D eigenvalue weighted by Crippen LogP contribution is 2.57. The number of amides is 2. The van der Waals surface area contributed by atoms with E-state index in [2.05, 4.69) is 0 Å². The Hall–Kier alpha value is -2.73. The van der Waals surface area contributed by atoms with E-state index in [1.165, 1.54) is 4.90 Å². The van der Waals surface area contributed by atoms with Crippen LogP contribution in [-0.4, -0.2) is 41.9 Å². The van der Waals surface area contributed by atoms with Crippen LogP contribution in [0.4, 0.5) is 0 Å². The van der Waals surface area contributed by atoms with E-state index in [9.17, 15) is 14.4 Å². The van der Waals surface area contributed by atoms with Crippen molar-refractivity contribution in [3.8, 4) is 0 Å². The summed E-state index contributed by atoms with van der Waals surface area (Å²) in [5.74, 6) is -1.04. The van der Waals surface area contributed by atoms with Crippen LogP contribution in [0.15, 0.2) is 42.5 Å². The molecule has 0 aromatic heterocycles. The fraction of sp³-hybridized carbons (Fsp3) is 0.435. The standard InChI is InChI=1S/C23H24N2O4/c24-9-4-10-25-21(26)19-14-11-17(20(19)22(25)27)18(12-14)29-23(28)16-8-3-6-13-5-1-2-7-15(13)16/h1-3,5-8,14,17-20H,4,9-12,24H2. The zero-order valence-corrected chi connectivity index (χ0v) is 16.1. The predicted molar refractivity (Wildman–Crippen MR) is 107 cm³/mol. The van der Waals surface area contributed by atoms with Crippen molar-refractivity contribution < 1.29 is 19.1 Å². The molecule has 3 fully saturated rings. The van der Waals surface area contributed by atoms with Gasteiger partial charge in [0.1, 0.15) is 6.10 Å². The molecule has 6 nitrogen and oxygen atoms in total. The molecule has 3 aliphatic rings. The summed E-state index contributed by atoms with van der Waals surface area (Å²) in [6.07, 6.45) is 1.75. The van der Waals surface area contributed by atoms with Gasteiger partial charge < -0.3 is 10.5 Å². The van der Waals surface area contributed by atoms with Crippen LogP contribution in [0, 0.1) is 23.7 Å². The molecule has 5 rings (SSSR count). The van der Waals surface area contributed by atoms with Gasteiger partial charge in [0.25, 0.3) is 0 Å². The van der Waals surface area contributed by atoms with Crippen molar-refractivity contribution >= 4 is 28.6 Å². The molecule has 0 spiro atoms. The normalized spacial score (nSPS) is 30.2. The van der Waals surface area contributed by atoms with Crippen molar-refractivity contribution in [3.05, 3.63) is 48.0 Å². The molecular formula is C23H24N2O4. The van der Waals surface area contributed by atoms with Crippen molar-refractivity contribution in [2.24, 2.45) is 29.4 Å². The van der Waals surface area contributed by atoms with Gasteiger partial charge in [-0.2, -0.15) is 0 Å². The summed E-state index contributed by atoms with van der Waals surface area (Å²) >= 11 is 0. The van der Waals surface area contributed by atoms with E-state index in [1.807, 2.05) is 36.4 Å². The Morgan fingerprint density at radius 3 is 2.62 bits per heavy atom.